The maximum atomic E-state index is 6.22. The summed E-state index contributed by atoms with van der Waals surface area (Å²) in [6.07, 6.45) is -0.300. The molecule has 0 fully saturated rings. The van der Waals surface area contributed by atoms with Crippen LogP contribution in [0, 0.1) is 0 Å². The summed E-state index contributed by atoms with van der Waals surface area (Å²) in [7, 11) is 1.90. The van der Waals surface area contributed by atoms with E-state index in [0.29, 0.717) is 32.4 Å². The van der Waals surface area contributed by atoms with Gasteiger partial charge in [-0.3, -0.25) is 0 Å². The molecule has 0 amide bonds. The zero-order valence-electron chi connectivity index (χ0n) is 14.1. The van der Waals surface area contributed by atoms with Crippen molar-refractivity contribution >= 4 is 46.6 Å². The summed E-state index contributed by atoms with van der Waals surface area (Å²) in [6.45, 7) is 1.91. The summed E-state index contributed by atoms with van der Waals surface area (Å²) in [4.78, 5) is 0. The molecule has 8 heteroatoms. The Morgan fingerprint density at radius 2 is 1.65 bits per heavy atom. The smallest absolute Gasteiger partial charge is 0.191 e. The maximum Gasteiger partial charge on any atom is 0.191 e. The van der Waals surface area contributed by atoms with Crippen LogP contribution in [0.2, 0.25) is 15.1 Å². The number of halogens is 3. The van der Waals surface area contributed by atoms with Crippen LogP contribution in [0.15, 0.2) is 47.6 Å². The molecule has 26 heavy (non-hydrogen) atoms. The molecule has 1 heterocycles. The first kappa shape index (κ1) is 19.4. The number of benzene rings is 2. The number of hydrogen-bond acceptors (Lipinski definition) is 4. The lowest BCUT2D eigenvalue weighted by molar-refractivity contribution is 0.211. The summed E-state index contributed by atoms with van der Waals surface area (Å²) in [5.41, 5.74) is 0.880. The molecule has 2 aromatic carbocycles. The normalized spacial score (nSPS) is 12.2. The number of aromatic nitrogens is 3. The van der Waals surface area contributed by atoms with Crippen molar-refractivity contribution in [2.24, 2.45) is 7.05 Å². The number of nitrogens with zero attached hydrogens (tertiary/aromatic N) is 3. The first-order valence-electron chi connectivity index (χ1n) is 7.83. The summed E-state index contributed by atoms with van der Waals surface area (Å²) < 4.78 is 7.82. The van der Waals surface area contributed by atoms with Gasteiger partial charge in [-0.1, -0.05) is 64.8 Å². The van der Waals surface area contributed by atoms with Crippen LogP contribution in [-0.4, -0.2) is 14.8 Å². The predicted octanol–water partition coefficient (Wildman–Crippen LogP) is 6.21. The van der Waals surface area contributed by atoms with E-state index in [1.807, 2.05) is 54.9 Å². The molecule has 0 aliphatic carbocycles. The fourth-order valence-electron chi connectivity index (χ4n) is 2.40. The SMILES string of the molecule is CC(Oc1ccccc1Cl)c1nnc(SCc2c(Cl)cccc2Cl)n1C. The van der Waals surface area contributed by atoms with Crippen molar-refractivity contribution in [3.63, 3.8) is 0 Å². The molecule has 3 aromatic rings. The van der Waals surface area contributed by atoms with Crippen LogP contribution in [0.5, 0.6) is 5.75 Å². The Kier molecular flexibility index (Phi) is 6.35. The van der Waals surface area contributed by atoms with Gasteiger partial charge in [0, 0.05) is 22.8 Å². The van der Waals surface area contributed by atoms with Gasteiger partial charge >= 0.3 is 0 Å². The summed E-state index contributed by atoms with van der Waals surface area (Å²) in [6, 6.07) is 12.8. The van der Waals surface area contributed by atoms with Crippen molar-refractivity contribution in [2.75, 3.05) is 0 Å². The first-order chi connectivity index (χ1) is 12.5. The van der Waals surface area contributed by atoms with Crippen molar-refractivity contribution in [2.45, 2.75) is 23.9 Å². The van der Waals surface area contributed by atoms with Crippen molar-refractivity contribution in [3.05, 3.63) is 68.9 Å². The second-order valence-electron chi connectivity index (χ2n) is 5.58. The highest BCUT2D eigenvalue weighted by Gasteiger charge is 2.18. The topological polar surface area (TPSA) is 39.9 Å². The first-order valence-corrected chi connectivity index (χ1v) is 9.95. The standard InChI is InChI=1S/C18H16Cl3N3OS/c1-11(25-16-9-4-3-6-15(16)21)17-22-23-18(24(17)2)26-10-12-13(19)7-5-8-14(12)20/h3-9,11H,10H2,1-2H3. The largest absolute Gasteiger partial charge is 0.481 e. The van der Waals surface area contributed by atoms with Gasteiger partial charge in [0.25, 0.3) is 0 Å². The number of para-hydroxylation sites is 1. The minimum Gasteiger partial charge on any atom is -0.481 e. The van der Waals surface area contributed by atoms with Gasteiger partial charge in [0.1, 0.15) is 5.75 Å². The lowest BCUT2D eigenvalue weighted by Gasteiger charge is -2.15. The predicted molar refractivity (Wildman–Crippen MR) is 108 cm³/mol. The highest BCUT2D eigenvalue weighted by molar-refractivity contribution is 7.98. The quantitative estimate of drug-likeness (QED) is 0.438. The van der Waals surface area contributed by atoms with Gasteiger partial charge in [0.2, 0.25) is 0 Å². The molecule has 1 unspecified atom stereocenters. The van der Waals surface area contributed by atoms with E-state index in [1.165, 1.54) is 11.8 Å². The Morgan fingerprint density at radius 1 is 1.00 bits per heavy atom. The van der Waals surface area contributed by atoms with Crippen LogP contribution in [-0.2, 0) is 12.8 Å². The molecule has 136 valence electrons. The third-order valence-corrected chi connectivity index (χ3v) is 5.85. The van der Waals surface area contributed by atoms with Gasteiger partial charge in [-0.15, -0.1) is 10.2 Å². The molecule has 0 bridgehead atoms. The molecule has 1 aromatic heterocycles. The van der Waals surface area contributed by atoms with E-state index in [9.17, 15) is 0 Å². The van der Waals surface area contributed by atoms with Crippen LogP contribution in [0.1, 0.15) is 24.4 Å². The van der Waals surface area contributed by atoms with Gasteiger partial charge in [-0.05, 0) is 36.8 Å². The van der Waals surface area contributed by atoms with Crippen LogP contribution in [0.4, 0.5) is 0 Å². The second kappa shape index (κ2) is 8.53. The van der Waals surface area contributed by atoms with E-state index in [2.05, 4.69) is 10.2 Å². The van der Waals surface area contributed by atoms with Gasteiger partial charge in [0.15, 0.2) is 17.1 Å². The van der Waals surface area contributed by atoms with Crippen LogP contribution >= 0.6 is 46.6 Å². The maximum absolute atomic E-state index is 6.22. The zero-order valence-corrected chi connectivity index (χ0v) is 17.2. The van der Waals surface area contributed by atoms with Crippen LogP contribution in [0.25, 0.3) is 0 Å². The molecular weight excluding hydrogens is 413 g/mol. The molecule has 1 atom stereocenters. The number of thioether (sulfide) groups is 1. The molecule has 4 nitrogen and oxygen atoms in total. The highest BCUT2D eigenvalue weighted by Crippen LogP contribution is 2.32. The average Bonchev–Trinajstić information content (AvgIpc) is 2.97. The molecule has 0 aliphatic rings. The molecule has 0 saturated carbocycles. The minimum atomic E-state index is -0.300. The second-order valence-corrected chi connectivity index (χ2v) is 7.74. The van der Waals surface area contributed by atoms with Gasteiger partial charge < -0.3 is 9.30 Å². The Labute approximate surface area is 171 Å². The van der Waals surface area contributed by atoms with Gasteiger partial charge in [-0.2, -0.15) is 0 Å². The fourth-order valence-corrected chi connectivity index (χ4v) is 4.24. The molecule has 0 spiro atoms. The van der Waals surface area contributed by atoms with E-state index in [-0.39, 0.29) is 6.10 Å². The van der Waals surface area contributed by atoms with Crippen LogP contribution < -0.4 is 4.74 Å². The molecular formula is C18H16Cl3N3OS. The minimum absolute atomic E-state index is 0.300. The molecule has 0 N–H and O–H groups in total. The molecule has 0 radical (unpaired) electrons. The highest BCUT2D eigenvalue weighted by atomic mass is 35.5. The lowest BCUT2D eigenvalue weighted by Crippen LogP contribution is -2.10. The Morgan fingerprint density at radius 3 is 2.35 bits per heavy atom. The van der Waals surface area contributed by atoms with Crippen LogP contribution in [0.3, 0.4) is 0 Å². The van der Waals surface area contributed by atoms with E-state index in [4.69, 9.17) is 39.5 Å². The van der Waals surface area contributed by atoms with Crippen molar-refractivity contribution < 1.29 is 4.74 Å². The van der Waals surface area contributed by atoms with E-state index in [0.717, 1.165) is 10.7 Å². The Balaban J connectivity index is 1.72. The van der Waals surface area contributed by atoms with E-state index >= 15 is 0 Å². The monoisotopic (exact) mass is 427 g/mol. The molecule has 3 rings (SSSR count). The fraction of sp³-hybridized carbons (Fsp3) is 0.222. The number of rotatable bonds is 6. The summed E-state index contributed by atoms with van der Waals surface area (Å²) in [5.74, 6) is 1.92. The lowest BCUT2D eigenvalue weighted by atomic mass is 10.2. The Bertz CT molecular complexity index is 896. The van der Waals surface area contributed by atoms with Crippen molar-refractivity contribution in [1.82, 2.24) is 14.8 Å². The third-order valence-electron chi connectivity index (χ3n) is 3.78. The Hall–Kier alpha value is -1.40. The summed E-state index contributed by atoms with van der Waals surface area (Å²) >= 11 is 20.1. The zero-order chi connectivity index (χ0) is 18.7. The third kappa shape index (κ3) is 4.29. The van der Waals surface area contributed by atoms with Crippen molar-refractivity contribution in [3.8, 4) is 5.75 Å². The summed E-state index contributed by atoms with van der Waals surface area (Å²) in [5, 5.41) is 11.1. The average molecular weight is 429 g/mol. The number of ether oxygens (including phenoxy) is 1. The van der Waals surface area contributed by atoms with E-state index < -0.39 is 0 Å². The van der Waals surface area contributed by atoms with Gasteiger partial charge in [0.05, 0.1) is 5.02 Å². The van der Waals surface area contributed by atoms with E-state index in [1.54, 1.807) is 6.07 Å². The number of hydrogen-bond donors (Lipinski definition) is 0. The van der Waals surface area contributed by atoms with Gasteiger partial charge in [-0.25, -0.2) is 0 Å². The molecule has 0 aliphatic heterocycles. The molecule has 0 saturated heterocycles. The van der Waals surface area contributed by atoms with Crippen molar-refractivity contribution in [1.29, 1.82) is 0 Å².